The van der Waals surface area contributed by atoms with E-state index in [1.165, 1.54) is 0 Å². The zero-order chi connectivity index (χ0) is 14.9. The van der Waals surface area contributed by atoms with Gasteiger partial charge in [-0.3, -0.25) is 4.79 Å². The van der Waals surface area contributed by atoms with E-state index in [0.29, 0.717) is 0 Å². The van der Waals surface area contributed by atoms with Crippen LogP contribution in [0.15, 0.2) is 0 Å². The molecule has 2 atom stereocenters. The van der Waals surface area contributed by atoms with Crippen molar-refractivity contribution in [2.75, 3.05) is 0 Å². The molecule has 0 aromatic carbocycles. The van der Waals surface area contributed by atoms with Crippen LogP contribution in [0.3, 0.4) is 0 Å². The highest BCUT2D eigenvalue weighted by molar-refractivity contribution is 8.02. The molecule has 4 heteroatoms. The number of hydrogen-bond acceptors (Lipinski definition) is 4. The molecule has 102 valence electrons. The Kier molecular flexibility index (Phi) is 2.69. The Bertz CT molecular complexity index is 515. The molecule has 0 radical (unpaired) electrons. The van der Waals surface area contributed by atoms with Gasteiger partial charge in [0.15, 0.2) is 0 Å². The van der Waals surface area contributed by atoms with Gasteiger partial charge in [-0.2, -0.15) is 10.5 Å². The first kappa shape index (κ1) is 14.4. The fourth-order valence-electron chi connectivity index (χ4n) is 4.44. The molecule has 2 fully saturated rings. The molecule has 2 rings (SSSR count). The van der Waals surface area contributed by atoms with Gasteiger partial charge >= 0.3 is 0 Å². The first-order chi connectivity index (χ1) is 8.50. The number of thioether (sulfide) groups is 1. The topological polar surface area (TPSA) is 64.7 Å². The van der Waals surface area contributed by atoms with Crippen molar-refractivity contribution in [3.63, 3.8) is 0 Å². The summed E-state index contributed by atoms with van der Waals surface area (Å²) in [7, 11) is 0. The Morgan fingerprint density at radius 3 is 1.74 bits per heavy atom. The highest BCUT2D eigenvalue weighted by atomic mass is 32.2. The van der Waals surface area contributed by atoms with Crippen molar-refractivity contribution in [3.05, 3.63) is 0 Å². The van der Waals surface area contributed by atoms with Crippen LogP contribution in [0.2, 0.25) is 0 Å². The van der Waals surface area contributed by atoms with Crippen LogP contribution >= 0.6 is 11.8 Å². The van der Waals surface area contributed by atoms with Crippen LogP contribution < -0.4 is 0 Å². The molecule has 0 N–H and O–H groups in total. The molecule has 1 spiro atoms. The summed E-state index contributed by atoms with van der Waals surface area (Å²) >= 11 is 1.67. The zero-order valence-corrected chi connectivity index (χ0v) is 13.2. The highest BCUT2D eigenvalue weighted by Crippen LogP contribution is 2.76. The summed E-state index contributed by atoms with van der Waals surface area (Å²) < 4.78 is -0.764. The molecule has 1 heterocycles. The van der Waals surface area contributed by atoms with E-state index in [-0.39, 0.29) is 16.4 Å². The Morgan fingerprint density at radius 2 is 1.37 bits per heavy atom. The average Bonchev–Trinajstić information content (AvgIpc) is 2.56. The van der Waals surface area contributed by atoms with Crippen LogP contribution in [-0.4, -0.2) is 15.3 Å². The second kappa shape index (κ2) is 3.55. The molecule has 0 aromatic rings. The van der Waals surface area contributed by atoms with Gasteiger partial charge in [-0.25, -0.2) is 0 Å². The van der Waals surface area contributed by atoms with Gasteiger partial charge in [0.25, 0.3) is 0 Å². The summed E-state index contributed by atoms with van der Waals surface area (Å²) in [6.45, 7) is 11.7. The van der Waals surface area contributed by atoms with Gasteiger partial charge in [-0.1, -0.05) is 27.7 Å². The van der Waals surface area contributed by atoms with Crippen LogP contribution in [0.25, 0.3) is 0 Å². The van der Waals surface area contributed by atoms with Crippen molar-refractivity contribution in [1.29, 1.82) is 10.5 Å². The first-order valence-electron chi connectivity index (χ1n) is 6.55. The van der Waals surface area contributed by atoms with Crippen molar-refractivity contribution in [1.82, 2.24) is 0 Å². The van der Waals surface area contributed by atoms with E-state index in [1.807, 2.05) is 41.5 Å². The van der Waals surface area contributed by atoms with Crippen molar-refractivity contribution in [3.8, 4) is 12.1 Å². The van der Waals surface area contributed by atoms with E-state index in [0.717, 1.165) is 0 Å². The predicted octanol–water partition coefficient (Wildman–Crippen LogP) is 3.17. The molecule has 2 aliphatic rings. The smallest absolute Gasteiger partial charge is 0.146 e. The maximum absolute atomic E-state index is 12.4. The number of ketones is 1. The van der Waals surface area contributed by atoms with E-state index in [4.69, 9.17) is 0 Å². The van der Waals surface area contributed by atoms with Gasteiger partial charge in [0.2, 0.25) is 0 Å². The molecule has 1 aliphatic heterocycles. The molecule has 1 saturated carbocycles. The Labute approximate surface area is 119 Å². The van der Waals surface area contributed by atoms with Crippen LogP contribution in [0.5, 0.6) is 0 Å². The molecule has 0 aromatic heterocycles. The minimum atomic E-state index is -0.551. The lowest BCUT2D eigenvalue weighted by Gasteiger charge is -2.65. The number of nitriles is 2. The van der Waals surface area contributed by atoms with E-state index in [1.54, 1.807) is 11.8 Å². The normalized spacial score (nSPS) is 36.3. The van der Waals surface area contributed by atoms with Gasteiger partial charge in [0.05, 0.1) is 28.7 Å². The van der Waals surface area contributed by atoms with Crippen molar-refractivity contribution in [2.24, 2.45) is 22.7 Å². The lowest BCUT2D eigenvalue weighted by Crippen LogP contribution is -2.74. The Morgan fingerprint density at radius 1 is 0.947 bits per heavy atom. The molecule has 0 unspecified atom stereocenters. The third kappa shape index (κ3) is 1.26. The van der Waals surface area contributed by atoms with Gasteiger partial charge in [0, 0.05) is 15.6 Å². The quantitative estimate of drug-likeness (QED) is 0.681. The van der Waals surface area contributed by atoms with Crippen molar-refractivity contribution in [2.45, 2.75) is 51.0 Å². The summed E-state index contributed by atoms with van der Waals surface area (Å²) in [6, 6.07) is 4.66. The number of carbonyl (C=O) groups is 1. The van der Waals surface area contributed by atoms with Crippen molar-refractivity contribution < 1.29 is 4.79 Å². The fraction of sp³-hybridized carbons (Fsp3) is 0.800. The van der Waals surface area contributed by atoms with E-state index >= 15 is 0 Å². The lowest BCUT2D eigenvalue weighted by atomic mass is 9.42. The van der Waals surface area contributed by atoms with Crippen LogP contribution in [-0.2, 0) is 4.79 Å². The Balaban J connectivity index is 2.67. The number of carbonyl (C=O) groups excluding carboxylic acids is 1. The summed E-state index contributed by atoms with van der Waals surface area (Å²) in [5, 5.41) is 19.1. The van der Waals surface area contributed by atoms with Gasteiger partial charge < -0.3 is 0 Å². The molecular formula is C15H20N2OS. The van der Waals surface area contributed by atoms with Gasteiger partial charge in [-0.05, 0) is 13.8 Å². The minimum absolute atomic E-state index is 0.196. The largest absolute Gasteiger partial charge is 0.298 e. The van der Waals surface area contributed by atoms with E-state index in [2.05, 4.69) is 12.1 Å². The van der Waals surface area contributed by atoms with Crippen molar-refractivity contribution >= 4 is 17.5 Å². The summed E-state index contributed by atoms with van der Waals surface area (Å²) in [5.41, 5.74) is -1.10. The third-order valence-electron chi connectivity index (χ3n) is 5.21. The molecule has 1 aliphatic carbocycles. The molecular weight excluding hydrogens is 256 g/mol. The molecule has 1 saturated heterocycles. The van der Waals surface area contributed by atoms with Gasteiger partial charge in [-0.15, -0.1) is 11.8 Å². The minimum Gasteiger partial charge on any atom is -0.298 e. The zero-order valence-electron chi connectivity index (χ0n) is 12.4. The lowest BCUT2D eigenvalue weighted by molar-refractivity contribution is -0.163. The summed E-state index contributed by atoms with van der Waals surface area (Å²) in [5.74, 6) is -0.545. The number of Topliss-reactive ketones (excluding diaryl/α,β-unsaturated/α-hetero) is 1. The second-order valence-corrected chi connectivity index (χ2v) is 9.13. The third-order valence-corrected chi connectivity index (χ3v) is 7.59. The van der Waals surface area contributed by atoms with E-state index in [9.17, 15) is 15.3 Å². The maximum Gasteiger partial charge on any atom is 0.146 e. The fourth-order valence-corrected chi connectivity index (χ4v) is 6.60. The average molecular weight is 276 g/mol. The molecule has 0 bridgehead atoms. The molecule has 3 nitrogen and oxygen atoms in total. The maximum atomic E-state index is 12.4. The van der Waals surface area contributed by atoms with Crippen LogP contribution in [0.4, 0.5) is 0 Å². The Hall–Kier alpha value is -1.00. The second-order valence-electron chi connectivity index (χ2n) is 7.23. The first-order valence-corrected chi connectivity index (χ1v) is 7.36. The van der Waals surface area contributed by atoms with Gasteiger partial charge in [0.1, 0.15) is 5.78 Å². The summed E-state index contributed by atoms with van der Waals surface area (Å²) in [6.07, 6.45) is 0. The van der Waals surface area contributed by atoms with Crippen LogP contribution in [0.1, 0.15) is 41.5 Å². The summed E-state index contributed by atoms with van der Waals surface area (Å²) in [4.78, 5) is 12.4. The molecule has 19 heavy (non-hydrogen) atoms. The number of hydrogen-bond donors (Lipinski definition) is 0. The van der Waals surface area contributed by atoms with Crippen LogP contribution in [0, 0.1) is 45.3 Å². The predicted molar refractivity (Wildman–Crippen MR) is 75.2 cm³/mol. The standard InChI is InChI=1S/C15H20N2OS/c1-12(2)11(18)13(3,4)15(12)10(8-17)9(7-16)14(5,6)19-15/h9-10H,1-6H3/t9-,10-/m1/s1. The highest BCUT2D eigenvalue weighted by Gasteiger charge is 2.80. The monoisotopic (exact) mass is 276 g/mol. The van der Waals surface area contributed by atoms with E-state index < -0.39 is 21.5 Å². The SMILES string of the molecule is CC1(C)SC2([C@H](C#N)[C@H]1C#N)C(C)(C)C(=O)C2(C)C. The number of nitrogens with zero attached hydrogens (tertiary/aromatic N) is 2. The molecule has 0 amide bonds. The number of rotatable bonds is 0.